The molecule has 0 aliphatic rings. The molecule has 18 heavy (non-hydrogen) atoms. The van der Waals surface area contributed by atoms with Crippen molar-refractivity contribution in [3.8, 4) is 0 Å². The SMILES string of the molecule is C.C=C/C=C(\C=C)c1cccc(C)c1.CC.CC. The molecular formula is C18H30. The van der Waals surface area contributed by atoms with Gasteiger partial charge in [-0.3, -0.25) is 0 Å². The average Bonchev–Trinajstić information content (AvgIpc) is 2.40. The Hall–Kier alpha value is -1.56. The molecule has 0 saturated carbocycles. The van der Waals surface area contributed by atoms with E-state index in [1.165, 1.54) is 11.1 Å². The minimum absolute atomic E-state index is 0. The zero-order chi connectivity index (χ0) is 13.7. The van der Waals surface area contributed by atoms with Crippen LogP contribution in [0.4, 0.5) is 0 Å². The van der Waals surface area contributed by atoms with Gasteiger partial charge in [0.25, 0.3) is 0 Å². The van der Waals surface area contributed by atoms with Crippen molar-refractivity contribution in [2.75, 3.05) is 0 Å². The third kappa shape index (κ3) is 8.58. The first kappa shape index (κ1) is 21.7. The van der Waals surface area contributed by atoms with Crippen LogP contribution >= 0.6 is 0 Å². The molecule has 0 radical (unpaired) electrons. The fourth-order valence-corrected chi connectivity index (χ4v) is 1.23. The number of aryl methyl sites for hydroxylation is 1. The van der Waals surface area contributed by atoms with Crippen LogP contribution in [0.3, 0.4) is 0 Å². The Bertz CT molecular complexity index is 343. The van der Waals surface area contributed by atoms with Crippen LogP contribution in [0, 0.1) is 6.92 Å². The highest BCUT2D eigenvalue weighted by Crippen LogP contribution is 2.16. The van der Waals surface area contributed by atoms with Crippen molar-refractivity contribution in [1.29, 1.82) is 0 Å². The maximum atomic E-state index is 3.77. The first-order chi connectivity index (χ1) is 8.27. The lowest BCUT2D eigenvalue weighted by molar-refractivity contribution is 1.45. The Balaban J connectivity index is -0.000000409. The van der Waals surface area contributed by atoms with Gasteiger partial charge in [0.15, 0.2) is 0 Å². The minimum Gasteiger partial charge on any atom is -0.0990 e. The lowest BCUT2D eigenvalue weighted by Gasteiger charge is -2.02. The van der Waals surface area contributed by atoms with Crippen molar-refractivity contribution in [3.63, 3.8) is 0 Å². The number of benzene rings is 1. The van der Waals surface area contributed by atoms with Gasteiger partial charge in [0.2, 0.25) is 0 Å². The van der Waals surface area contributed by atoms with Gasteiger partial charge >= 0.3 is 0 Å². The second kappa shape index (κ2) is 15.4. The van der Waals surface area contributed by atoms with Crippen LogP contribution in [0.25, 0.3) is 5.57 Å². The molecule has 1 aromatic carbocycles. The fraction of sp³-hybridized carbons (Fsp3) is 0.333. The summed E-state index contributed by atoms with van der Waals surface area (Å²) in [6, 6.07) is 8.34. The summed E-state index contributed by atoms with van der Waals surface area (Å²) in [7, 11) is 0. The molecule has 0 aromatic heterocycles. The first-order valence-electron chi connectivity index (χ1n) is 6.30. The molecule has 0 aliphatic carbocycles. The smallest absolute Gasteiger partial charge is 0.0182 e. The molecule has 0 bridgehead atoms. The monoisotopic (exact) mass is 246 g/mol. The zero-order valence-electron chi connectivity index (χ0n) is 12.0. The molecule has 1 rings (SSSR count). The number of allylic oxidation sites excluding steroid dienone is 4. The van der Waals surface area contributed by atoms with Gasteiger partial charge in [-0.25, -0.2) is 0 Å². The molecule has 1 aromatic rings. The zero-order valence-corrected chi connectivity index (χ0v) is 12.0. The molecule has 0 spiro atoms. The second-order valence-corrected chi connectivity index (χ2v) is 2.93. The molecule has 0 heterocycles. The molecule has 0 N–H and O–H groups in total. The van der Waals surface area contributed by atoms with Crippen LogP contribution in [0.1, 0.15) is 46.2 Å². The summed E-state index contributed by atoms with van der Waals surface area (Å²) in [5, 5.41) is 0. The third-order valence-corrected chi connectivity index (χ3v) is 1.87. The van der Waals surface area contributed by atoms with E-state index in [4.69, 9.17) is 0 Å². The molecule has 0 saturated heterocycles. The molecule has 0 heteroatoms. The molecule has 0 nitrogen and oxygen atoms in total. The quantitative estimate of drug-likeness (QED) is 0.538. The molecule has 0 fully saturated rings. The highest BCUT2D eigenvalue weighted by molar-refractivity contribution is 5.74. The van der Waals surface area contributed by atoms with E-state index in [0.717, 1.165) is 5.57 Å². The van der Waals surface area contributed by atoms with E-state index in [-0.39, 0.29) is 7.43 Å². The third-order valence-electron chi connectivity index (χ3n) is 1.87. The van der Waals surface area contributed by atoms with E-state index in [1.807, 2.05) is 45.9 Å². The van der Waals surface area contributed by atoms with Crippen LogP contribution in [0.5, 0.6) is 0 Å². The van der Waals surface area contributed by atoms with E-state index in [1.54, 1.807) is 6.08 Å². The Morgan fingerprint density at radius 3 is 2.00 bits per heavy atom. The van der Waals surface area contributed by atoms with E-state index in [9.17, 15) is 0 Å². The minimum atomic E-state index is 0. The molecule has 0 aliphatic heterocycles. The summed E-state index contributed by atoms with van der Waals surface area (Å²) in [4.78, 5) is 0. The number of hydrogen-bond donors (Lipinski definition) is 0. The average molecular weight is 246 g/mol. The topological polar surface area (TPSA) is 0 Å². The van der Waals surface area contributed by atoms with Gasteiger partial charge in [0.1, 0.15) is 0 Å². The number of rotatable bonds is 3. The highest BCUT2D eigenvalue weighted by Gasteiger charge is 1.95. The lowest BCUT2D eigenvalue weighted by Crippen LogP contribution is -1.81. The number of hydrogen-bond acceptors (Lipinski definition) is 0. The summed E-state index contributed by atoms with van der Waals surface area (Å²) in [6.45, 7) is 17.5. The van der Waals surface area contributed by atoms with Crippen molar-refractivity contribution in [2.45, 2.75) is 42.0 Å². The van der Waals surface area contributed by atoms with Crippen molar-refractivity contribution < 1.29 is 0 Å². The molecule has 0 atom stereocenters. The predicted molar refractivity (Wildman–Crippen MR) is 89.0 cm³/mol. The van der Waals surface area contributed by atoms with Crippen molar-refractivity contribution >= 4 is 5.57 Å². The summed E-state index contributed by atoms with van der Waals surface area (Å²) >= 11 is 0. The normalized spacial score (nSPS) is 8.61. The molecule has 0 amide bonds. The Labute approximate surface area is 115 Å². The Kier molecular flexibility index (Phi) is 18.6. The molecular weight excluding hydrogens is 216 g/mol. The summed E-state index contributed by atoms with van der Waals surface area (Å²) in [5.41, 5.74) is 3.56. The van der Waals surface area contributed by atoms with Crippen molar-refractivity contribution in [2.24, 2.45) is 0 Å². The van der Waals surface area contributed by atoms with Crippen LogP contribution in [0.2, 0.25) is 0 Å². The van der Waals surface area contributed by atoms with E-state index < -0.39 is 0 Å². The first-order valence-corrected chi connectivity index (χ1v) is 6.30. The van der Waals surface area contributed by atoms with Crippen LogP contribution in [-0.2, 0) is 0 Å². The Morgan fingerprint density at radius 2 is 1.61 bits per heavy atom. The standard InChI is InChI=1S/C13H14.2C2H6.CH4/c1-4-7-12(5-2)13-9-6-8-11(3)10-13;2*1-2;/h4-10H,1-2H2,3H3;2*1-2H3;1H4/b12-7+;;;. The van der Waals surface area contributed by atoms with Gasteiger partial charge in [-0.2, -0.15) is 0 Å². The summed E-state index contributed by atoms with van der Waals surface area (Å²) < 4.78 is 0. The lowest BCUT2D eigenvalue weighted by atomic mass is 10.0. The highest BCUT2D eigenvalue weighted by atomic mass is 14.0. The van der Waals surface area contributed by atoms with Gasteiger partial charge in [-0.05, 0) is 18.1 Å². The van der Waals surface area contributed by atoms with Gasteiger partial charge < -0.3 is 0 Å². The summed E-state index contributed by atoms with van der Waals surface area (Å²) in [6.07, 6.45) is 5.58. The Morgan fingerprint density at radius 1 is 1.06 bits per heavy atom. The fourth-order valence-electron chi connectivity index (χ4n) is 1.23. The van der Waals surface area contributed by atoms with Crippen LogP contribution < -0.4 is 0 Å². The maximum absolute atomic E-state index is 3.77. The van der Waals surface area contributed by atoms with Crippen LogP contribution in [-0.4, -0.2) is 0 Å². The van der Waals surface area contributed by atoms with Gasteiger partial charge in [0.05, 0.1) is 0 Å². The predicted octanol–water partition coefficient (Wildman–Crippen LogP) is 6.44. The van der Waals surface area contributed by atoms with Crippen molar-refractivity contribution in [1.82, 2.24) is 0 Å². The maximum Gasteiger partial charge on any atom is -0.0182 e. The molecule has 102 valence electrons. The van der Waals surface area contributed by atoms with E-state index in [2.05, 4.69) is 38.3 Å². The van der Waals surface area contributed by atoms with Gasteiger partial charge in [-0.15, -0.1) is 0 Å². The van der Waals surface area contributed by atoms with E-state index in [0.29, 0.717) is 0 Å². The second-order valence-electron chi connectivity index (χ2n) is 2.93. The largest absolute Gasteiger partial charge is 0.0990 e. The summed E-state index contributed by atoms with van der Waals surface area (Å²) in [5.74, 6) is 0. The molecule has 0 unspecified atom stereocenters. The van der Waals surface area contributed by atoms with Crippen molar-refractivity contribution in [3.05, 3.63) is 66.8 Å². The van der Waals surface area contributed by atoms with Crippen LogP contribution in [0.15, 0.2) is 55.7 Å². The van der Waals surface area contributed by atoms with E-state index >= 15 is 0 Å². The van der Waals surface area contributed by atoms with Gasteiger partial charge in [0, 0.05) is 0 Å². The van der Waals surface area contributed by atoms with Gasteiger partial charge in [-0.1, -0.05) is 96.3 Å².